The summed E-state index contributed by atoms with van der Waals surface area (Å²) < 4.78 is 25.8. The Hall–Kier alpha value is -4.64. The molecule has 0 saturated carbocycles. The monoisotopic (exact) mass is 584 g/mol. The molecule has 0 aliphatic heterocycles. The molecule has 12 heteroatoms. The van der Waals surface area contributed by atoms with Crippen LogP contribution in [-0.4, -0.2) is 63.3 Å². The number of esters is 4. The van der Waals surface area contributed by atoms with E-state index in [9.17, 15) is 19.2 Å². The molecule has 1 aromatic carbocycles. The van der Waals surface area contributed by atoms with E-state index in [1.807, 2.05) is 0 Å². The molecule has 3 rings (SSSR count). The lowest BCUT2D eigenvalue weighted by atomic mass is 9.96. The number of furan rings is 1. The zero-order chi connectivity index (χ0) is 30.3. The third-order valence-corrected chi connectivity index (χ3v) is 6.25. The molecule has 0 spiro atoms. The number of halogens is 1. The van der Waals surface area contributed by atoms with Crippen molar-refractivity contribution in [3.05, 3.63) is 82.4 Å². The van der Waals surface area contributed by atoms with E-state index in [-0.39, 0.29) is 22.6 Å². The van der Waals surface area contributed by atoms with Crippen LogP contribution in [0.25, 0.3) is 11.3 Å². The number of methoxy groups -OCH3 is 4. The van der Waals surface area contributed by atoms with Crippen LogP contribution in [0.3, 0.4) is 0 Å². The molecule has 2 aromatic heterocycles. The molecule has 11 nitrogen and oxygen atoms in total. The number of carbonyl (C=O) groups excluding carboxylic acids is 4. The molecule has 0 aliphatic rings. The highest BCUT2D eigenvalue weighted by molar-refractivity contribution is 6.30. The van der Waals surface area contributed by atoms with Gasteiger partial charge in [-0.2, -0.15) is 0 Å². The number of benzene rings is 1. The highest BCUT2D eigenvalue weighted by atomic mass is 35.5. The summed E-state index contributed by atoms with van der Waals surface area (Å²) in [6, 6.07) is 9.79. The van der Waals surface area contributed by atoms with Crippen molar-refractivity contribution >= 4 is 41.2 Å². The molecule has 1 atom stereocenters. The number of anilines is 1. The van der Waals surface area contributed by atoms with Gasteiger partial charge >= 0.3 is 23.9 Å². The van der Waals surface area contributed by atoms with Crippen LogP contribution in [0.5, 0.6) is 0 Å². The van der Waals surface area contributed by atoms with Crippen LogP contribution in [-0.2, 0) is 28.5 Å². The number of pyridine rings is 1. The second kappa shape index (κ2) is 13.6. The van der Waals surface area contributed by atoms with E-state index in [1.165, 1.54) is 6.20 Å². The molecular weight excluding hydrogens is 556 g/mol. The zero-order valence-corrected chi connectivity index (χ0v) is 24.1. The highest BCUT2D eigenvalue weighted by Crippen LogP contribution is 2.45. The molecule has 216 valence electrons. The number of hydrogen-bond donors (Lipinski definition) is 0. The van der Waals surface area contributed by atoms with Gasteiger partial charge in [-0.15, -0.1) is 0 Å². The van der Waals surface area contributed by atoms with Gasteiger partial charge in [0.05, 0.1) is 39.7 Å². The van der Waals surface area contributed by atoms with Crippen LogP contribution in [0.1, 0.15) is 46.5 Å². The lowest BCUT2D eigenvalue weighted by Gasteiger charge is -2.37. The van der Waals surface area contributed by atoms with Gasteiger partial charge in [0.25, 0.3) is 0 Å². The molecule has 3 aromatic rings. The van der Waals surface area contributed by atoms with Crippen LogP contribution in [0.2, 0.25) is 5.02 Å². The van der Waals surface area contributed by atoms with Crippen molar-refractivity contribution in [3.8, 4) is 11.3 Å². The van der Waals surface area contributed by atoms with E-state index < -0.39 is 41.7 Å². The maximum Gasteiger partial charge on any atom is 0.374 e. The summed E-state index contributed by atoms with van der Waals surface area (Å²) in [7, 11) is 4.61. The van der Waals surface area contributed by atoms with Crippen molar-refractivity contribution in [1.82, 2.24) is 4.98 Å². The number of rotatable bonds is 10. The quantitative estimate of drug-likeness (QED) is 0.185. The van der Waals surface area contributed by atoms with Gasteiger partial charge in [-0.25, -0.2) is 19.2 Å². The minimum absolute atomic E-state index is 0.0689. The van der Waals surface area contributed by atoms with E-state index in [4.69, 9.17) is 35.0 Å². The second-order valence-corrected chi connectivity index (χ2v) is 9.18. The fourth-order valence-electron chi connectivity index (χ4n) is 4.22. The average molecular weight is 585 g/mol. The third kappa shape index (κ3) is 6.58. The fraction of sp³-hybridized carbons (Fsp3) is 0.276. The molecule has 41 heavy (non-hydrogen) atoms. The van der Waals surface area contributed by atoms with Gasteiger partial charge in [-0.3, -0.25) is 4.98 Å². The summed E-state index contributed by atoms with van der Waals surface area (Å²) >= 11 is 6.12. The van der Waals surface area contributed by atoms with Crippen molar-refractivity contribution in [2.75, 3.05) is 33.3 Å². The van der Waals surface area contributed by atoms with Gasteiger partial charge < -0.3 is 28.3 Å². The van der Waals surface area contributed by atoms with Crippen LogP contribution in [0.4, 0.5) is 5.69 Å². The lowest BCUT2D eigenvalue weighted by molar-refractivity contribution is -0.138. The Balaban J connectivity index is 2.54. The highest BCUT2D eigenvalue weighted by Gasteiger charge is 2.41. The van der Waals surface area contributed by atoms with E-state index in [0.29, 0.717) is 16.3 Å². The zero-order valence-electron chi connectivity index (χ0n) is 23.3. The Labute approximate surface area is 241 Å². The van der Waals surface area contributed by atoms with Gasteiger partial charge in [0.15, 0.2) is 5.76 Å². The molecular formula is C29H29ClN2O9. The van der Waals surface area contributed by atoms with Gasteiger partial charge in [0.2, 0.25) is 5.76 Å². The van der Waals surface area contributed by atoms with Crippen molar-refractivity contribution in [2.45, 2.75) is 25.9 Å². The topological polar surface area (TPSA) is 134 Å². The third-order valence-electron chi connectivity index (χ3n) is 6.00. The molecule has 0 saturated heterocycles. The average Bonchev–Trinajstić information content (AvgIpc) is 3.37. The lowest BCUT2D eigenvalue weighted by Crippen LogP contribution is -2.39. The maximum absolute atomic E-state index is 13.3. The first-order chi connectivity index (χ1) is 19.6. The first-order valence-corrected chi connectivity index (χ1v) is 12.6. The van der Waals surface area contributed by atoms with E-state index in [1.54, 1.807) is 61.2 Å². The number of aromatic nitrogens is 1. The predicted molar refractivity (Wildman–Crippen MR) is 149 cm³/mol. The van der Waals surface area contributed by atoms with E-state index in [2.05, 4.69) is 4.98 Å². The SMILES string of the molecule is COC(=O)/C=C(\C(=O)OC)C(c1ccccn1)N(c1c(-c2ccc(Cl)cc2)oc(C(=O)OC)c1C(=O)OC)C(C)C. The summed E-state index contributed by atoms with van der Waals surface area (Å²) in [5.74, 6) is -3.90. The first kappa shape index (κ1) is 30.9. The van der Waals surface area contributed by atoms with Crippen molar-refractivity contribution < 1.29 is 42.5 Å². The standard InChI is InChI=1S/C29H29ClN2O9/c1-16(2)32(23(20-9-7-8-14-31-20)19(27(34)38-4)15-21(33)37-3)24-22(28(35)39-5)26(29(36)40-6)41-25(24)17-10-12-18(30)13-11-17/h7-16,23H,1-6H3/b19-15-. The molecule has 0 fully saturated rings. The first-order valence-electron chi connectivity index (χ1n) is 12.3. The molecule has 1 unspecified atom stereocenters. The van der Waals surface area contributed by atoms with Crippen molar-refractivity contribution in [3.63, 3.8) is 0 Å². The van der Waals surface area contributed by atoms with E-state index >= 15 is 0 Å². The minimum Gasteiger partial charge on any atom is -0.466 e. The van der Waals surface area contributed by atoms with Crippen LogP contribution in [0, 0.1) is 0 Å². The van der Waals surface area contributed by atoms with Gasteiger partial charge in [0, 0.05) is 28.9 Å². The van der Waals surface area contributed by atoms with Gasteiger partial charge in [0.1, 0.15) is 17.3 Å². The minimum atomic E-state index is -1.15. The van der Waals surface area contributed by atoms with E-state index in [0.717, 1.165) is 34.5 Å². The summed E-state index contributed by atoms with van der Waals surface area (Å²) in [4.78, 5) is 57.9. The van der Waals surface area contributed by atoms with Gasteiger partial charge in [-0.1, -0.05) is 17.7 Å². The summed E-state index contributed by atoms with van der Waals surface area (Å²) in [5, 5.41) is 0.435. The number of ether oxygens (including phenoxy) is 4. The van der Waals surface area contributed by atoms with Crippen molar-refractivity contribution in [1.29, 1.82) is 0 Å². The molecule has 0 bridgehead atoms. The smallest absolute Gasteiger partial charge is 0.374 e. The Kier molecular flexibility index (Phi) is 10.3. The normalized spacial score (nSPS) is 12.0. The summed E-state index contributed by atoms with van der Waals surface area (Å²) in [6.45, 7) is 3.56. The molecule has 2 heterocycles. The number of carbonyl (C=O) groups is 4. The summed E-state index contributed by atoms with van der Waals surface area (Å²) in [6.07, 6.45) is 2.49. The Morgan fingerprint density at radius 2 is 1.56 bits per heavy atom. The molecule has 0 N–H and O–H groups in total. The van der Waals surface area contributed by atoms with Crippen LogP contribution >= 0.6 is 11.6 Å². The Morgan fingerprint density at radius 3 is 2.07 bits per heavy atom. The van der Waals surface area contributed by atoms with Crippen LogP contribution < -0.4 is 4.90 Å². The molecule has 0 amide bonds. The molecule has 0 radical (unpaired) electrons. The fourth-order valence-corrected chi connectivity index (χ4v) is 4.35. The number of nitrogens with zero attached hydrogens (tertiary/aromatic N) is 2. The Bertz CT molecular complexity index is 1450. The Morgan fingerprint density at radius 1 is 0.902 bits per heavy atom. The van der Waals surface area contributed by atoms with Crippen molar-refractivity contribution in [2.24, 2.45) is 0 Å². The largest absolute Gasteiger partial charge is 0.466 e. The van der Waals surface area contributed by atoms with Gasteiger partial charge in [-0.05, 0) is 50.2 Å². The summed E-state index contributed by atoms with van der Waals surface area (Å²) in [5.41, 5.74) is 0.392. The number of hydrogen-bond acceptors (Lipinski definition) is 11. The predicted octanol–water partition coefficient (Wildman–Crippen LogP) is 4.80. The maximum atomic E-state index is 13.3. The molecule has 0 aliphatic carbocycles. The second-order valence-electron chi connectivity index (χ2n) is 8.75. The van der Waals surface area contributed by atoms with Crippen LogP contribution in [0.15, 0.2) is 64.7 Å².